The van der Waals surface area contributed by atoms with Crippen molar-refractivity contribution in [3.05, 3.63) is 21.9 Å². The molecule has 1 aromatic rings. The summed E-state index contributed by atoms with van der Waals surface area (Å²) in [6.07, 6.45) is 6.56. The fourth-order valence-corrected chi connectivity index (χ4v) is 4.83. The van der Waals surface area contributed by atoms with Gasteiger partial charge in [0.15, 0.2) is 0 Å². The van der Waals surface area contributed by atoms with Gasteiger partial charge >= 0.3 is 0 Å². The van der Waals surface area contributed by atoms with Crippen LogP contribution in [0.5, 0.6) is 0 Å². The Morgan fingerprint density at radius 1 is 1.42 bits per heavy atom. The maximum absolute atomic E-state index is 12.2. The third kappa shape index (κ3) is 2.58. The second kappa shape index (κ2) is 5.28. The summed E-state index contributed by atoms with van der Waals surface area (Å²) in [5, 5.41) is 3.23. The molecule has 2 fully saturated rings. The van der Waals surface area contributed by atoms with E-state index in [0.29, 0.717) is 12.0 Å². The Kier molecular flexibility index (Phi) is 3.66. The fourth-order valence-electron chi connectivity index (χ4n) is 3.98. The van der Waals surface area contributed by atoms with E-state index in [4.69, 9.17) is 0 Å². The molecule has 1 amide bonds. The van der Waals surface area contributed by atoms with Crippen molar-refractivity contribution in [3.63, 3.8) is 0 Å². The first-order valence-corrected chi connectivity index (χ1v) is 8.38. The summed E-state index contributed by atoms with van der Waals surface area (Å²) < 4.78 is 0. The van der Waals surface area contributed by atoms with E-state index >= 15 is 0 Å². The minimum absolute atomic E-state index is 0.125. The number of hydrogen-bond donors (Lipinski definition) is 1. The van der Waals surface area contributed by atoms with Crippen LogP contribution in [0.3, 0.4) is 0 Å². The molecular weight excluding hydrogens is 254 g/mol. The largest absolute Gasteiger partial charge is 0.349 e. The second-order valence-corrected chi connectivity index (χ2v) is 7.39. The lowest BCUT2D eigenvalue weighted by Gasteiger charge is -2.28. The predicted molar refractivity (Wildman–Crippen MR) is 79.6 cm³/mol. The van der Waals surface area contributed by atoms with Gasteiger partial charge in [-0.2, -0.15) is 0 Å². The van der Waals surface area contributed by atoms with Crippen molar-refractivity contribution >= 4 is 17.2 Å². The third-order valence-electron chi connectivity index (χ3n) is 5.03. The number of carbonyl (C=O) groups is 1. The zero-order valence-electron chi connectivity index (χ0n) is 11.8. The number of fused-ring (bicyclic) bond motifs is 2. The topological polar surface area (TPSA) is 29.1 Å². The molecule has 19 heavy (non-hydrogen) atoms. The minimum Gasteiger partial charge on any atom is -0.349 e. The lowest BCUT2D eigenvalue weighted by atomic mass is 9.84. The average molecular weight is 277 g/mol. The normalized spacial score (nSPS) is 30.5. The molecule has 4 atom stereocenters. The number of carbonyl (C=O) groups excluding carboxylic acids is 1. The van der Waals surface area contributed by atoms with Crippen molar-refractivity contribution in [1.82, 2.24) is 5.32 Å². The van der Waals surface area contributed by atoms with Crippen molar-refractivity contribution in [2.24, 2.45) is 17.8 Å². The number of nitrogens with one attached hydrogen (secondary N) is 1. The number of amides is 1. The van der Waals surface area contributed by atoms with Crippen molar-refractivity contribution in [1.29, 1.82) is 0 Å². The van der Waals surface area contributed by atoms with E-state index in [2.05, 4.69) is 25.2 Å². The molecule has 0 saturated heterocycles. The molecule has 104 valence electrons. The van der Waals surface area contributed by atoms with E-state index in [1.54, 1.807) is 11.3 Å². The summed E-state index contributed by atoms with van der Waals surface area (Å²) in [7, 11) is 0. The van der Waals surface area contributed by atoms with Gasteiger partial charge in [-0.1, -0.05) is 13.3 Å². The van der Waals surface area contributed by atoms with Gasteiger partial charge in [-0.05, 0) is 62.5 Å². The van der Waals surface area contributed by atoms with Gasteiger partial charge in [0.05, 0.1) is 4.88 Å². The van der Waals surface area contributed by atoms with Crippen LogP contribution in [-0.4, -0.2) is 11.9 Å². The lowest BCUT2D eigenvalue weighted by molar-refractivity contribution is 0.0919. The molecule has 2 nitrogen and oxygen atoms in total. The Morgan fingerprint density at radius 2 is 2.26 bits per heavy atom. The maximum Gasteiger partial charge on any atom is 0.261 e. The van der Waals surface area contributed by atoms with Gasteiger partial charge < -0.3 is 5.32 Å². The van der Waals surface area contributed by atoms with Crippen molar-refractivity contribution < 1.29 is 4.79 Å². The van der Waals surface area contributed by atoms with Crippen LogP contribution in [0.25, 0.3) is 0 Å². The molecule has 2 saturated carbocycles. The summed E-state index contributed by atoms with van der Waals surface area (Å²) in [4.78, 5) is 14.4. The SMILES string of the molecule is CCc1ccc(C(=O)N[C@H](C)[C@@H]2C[C@H]3CC[C@H]2C3)s1. The van der Waals surface area contributed by atoms with Gasteiger partial charge in [-0.25, -0.2) is 0 Å². The average Bonchev–Trinajstić information content (AvgIpc) is 3.13. The van der Waals surface area contributed by atoms with Crippen LogP contribution >= 0.6 is 11.3 Å². The first-order valence-electron chi connectivity index (χ1n) is 7.57. The molecule has 3 rings (SSSR count). The highest BCUT2D eigenvalue weighted by molar-refractivity contribution is 7.14. The maximum atomic E-state index is 12.2. The molecule has 3 heteroatoms. The van der Waals surface area contributed by atoms with E-state index in [-0.39, 0.29) is 5.91 Å². The number of hydrogen-bond acceptors (Lipinski definition) is 2. The highest BCUT2D eigenvalue weighted by Gasteiger charge is 2.42. The second-order valence-electron chi connectivity index (χ2n) is 6.22. The van der Waals surface area contributed by atoms with Crippen LogP contribution < -0.4 is 5.32 Å². The predicted octanol–water partition coefficient (Wildman–Crippen LogP) is 3.87. The van der Waals surface area contributed by atoms with Crippen molar-refractivity contribution in [3.8, 4) is 0 Å². The summed E-state index contributed by atoms with van der Waals surface area (Å²) in [5.74, 6) is 2.66. The molecule has 0 spiro atoms. The standard InChI is InChI=1S/C16H23NOS/c1-3-13-6-7-15(19-13)16(18)17-10(2)14-9-11-4-5-12(14)8-11/h6-7,10-12,14H,3-5,8-9H2,1-2H3,(H,17,18)/t10-,11+,12+,14+/m1/s1. The van der Waals surface area contributed by atoms with Crippen LogP contribution in [-0.2, 0) is 6.42 Å². The Morgan fingerprint density at radius 3 is 2.84 bits per heavy atom. The van der Waals surface area contributed by atoms with Crippen LogP contribution in [0.2, 0.25) is 0 Å². The van der Waals surface area contributed by atoms with Gasteiger partial charge in [0.2, 0.25) is 0 Å². The quantitative estimate of drug-likeness (QED) is 0.889. The van der Waals surface area contributed by atoms with Gasteiger partial charge in [-0.3, -0.25) is 4.79 Å². The first kappa shape index (κ1) is 13.2. The zero-order chi connectivity index (χ0) is 13.4. The summed E-state index contributed by atoms with van der Waals surface area (Å²) in [5.41, 5.74) is 0. The monoisotopic (exact) mass is 277 g/mol. The van der Waals surface area contributed by atoms with Crippen LogP contribution in [0.4, 0.5) is 0 Å². The molecule has 0 aromatic carbocycles. The Balaban J connectivity index is 1.60. The lowest BCUT2D eigenvalue weighted by Crippen LogP contribution is -2.39. The summed E-state index contributed by atoms with van der Waals surface area (Å²) in [6.45, 7) is 4.32. The van der Waals surface area contributed by atoms with Crippen LogP contribution in [0.15, 0.2) is 12.1 Å². The molecule has 2 aliphatic rings. The molecule has 2 aliphatic carbocycles. The third-order valence-corrected chi connectivity index (χ3v) is 6.26. The van der Waals surface area contributed by atoms with Crippen molar-refractivity contribution in [2.75, 3.05) is 0 Å². The summed E-state index contributed by atoms with van der Waals surface area (Å²) in [6, 6.07) is 4.36. The molecule has 1 heterocycles. The smallest absolute Gasteiger partial charge is 0.261 e. The number of rotatable bonds is 4. The van der Waals surface area contributed by atoms with E-state index in [1.807, 2.05) is 6.07 Å². The van der Waals surface area contributed by atoms with Gasteiger partial charge in [0, 0.05) is 10.9 Å². The molecule has 1 aromatic heterocycles. The molecule has 2 bridgehead atoms. The highest BCUT2D eigenvalue weighted by Crippen LogP contribution is 2.49. The molecule has 0 unspecified atom stereocenters. The van der Waals surface area contributed by atoms with Gasteiger partial charge in [0.1, 0.15) is 0 Å². The summed E-state index contributed by atoms with van der Waals surface area (Å²) >= 11 is 1.63. The minimum atomic E-state index is 0.125. The number of thiophene rings is 1. The molecular formula is C16H23NOS. The molecule has 0 aliphatic heterocycles. The molecule has 1 N–H and O–H groups in total. The van der Waals surface area contributed by atoms with E-state index in [9.17, 15) is 4.79 Å². The van der Waals surface area contributed by atoms with E-state index < -0.39 is 0 Å². The van der Waals surface area contributed by atoms with Gasteiger partial charge in [-0.15, -0.1) is 11.3 Å². The highest BCUT2D eigenvalue weighted by atomic mass is 32.1. The van der Waals surface area contributed by atoms with Crippen LogP contribution in [0.1, 0.15) is 54.1 Å². The van der Waals surface area contributed by atoms with E-state index in [0.717, 1.165) is 23.1 Å². The van der Waals surface area contributed by atoms with E-state index in [1.165, 1.54) is 30.6 Å². The van der Waals surface area contributed by atoms with Crippen molar-refractivity contribution in [2.45, 2.75) is 52.0 Å². The Hall–Kier alpha value is -0.830. The van der Waals surface area contributed by atoms with Gasteiger partial charge in [0.25, 0.3) is 5.91 Å². The number of aryl methyl sites for hydroxylation is 1. The zero-order valence-corrected chi connectivity index (χ0v) is 12.6. The Labute approximate surface area is 119 Å². The molecule has 0 radical (unpaired) electrons. The fraction of sp³-hybridized carbons (Fsp3) is 0.688. The first-order chi connectivity index (χ1) is 9.17. The Bertz CT molecular complexity index is 467. The van der Waals surface area contributed by atoms with Crippen LogP contribution in [0, 0.1) is 17.8 Å².